The van der Waals surface area contributed by atoms with Gasteiger partial charge in [0.15, 0.2) is 5.71 Å². The van der Waals surface area contributed by atoms with E-state index in [0.29, 0.717) is 42.1 Å². The van der Waals surface area contributed by atoms with E-state index in [1.807, 2.05) is 0 Å². The molecule has 9 nitrogen and oxygen atoms in total. The van der Waals surface area contributed by atoms with Gasteiger partial charge in [0.2, 0.25) is 5.91 Å². The molecule has 1 heterocycles. The maximum Gasteiger partial charge on any atom is 0.332 e. The van der Waals surface area contributed by atoms with E-state index < -0.39 is 6.03 Å². The fourth-order valence-corrected chi connectivity index (χ4v) is 3.36. The van der Waals surface area contributed by atoms with Gasteiger partial charge in [-0.3, -0.25) is 14.5 Å². The van der Waals surface area contributed by atoms with Gasteiger partial charge in [-0.1, -0.05) is 0 Å². The number of nitrogens with zero attached hydrogens (tertiary/aromatic N) is 3. The fourth-order valence-electron chi connectivity index (χ4n) is 3.36. The van der Waals surface area contributed by atoms with E-state index in [1.54, 1.807) is 23.1 Å². The van der Waals surface area contributed by atoms with Crippen molar-refractivity contribution in [2.45, 2.75) is 46.7 Å². The lowest BCUT2D eigenvalue weighted by Crippen LogP contribution is -2.44. The van der Waals surface area contributed by atoms with E-state index in [2.05, 4.69) is 48.4 Å². The second kappa shape index (κ2) is 8.83. The summed E-state index contributed by atoms with van der Waals surface area (Å²) in [5.41, 5.74) is 9.04. The lowest BCUT2D eigenvalue weighted by atomic mass is 10.1. The van der Waals surface area contributed by atoms with Crippen LogP contribution >= 0.6 is 0 Å². The van der Waals surface area contributed by atoms with Gasteiger partial charge in [-0.25, -0.2) is 10.2 Å². The first-order valence-corrected chi connectivity index (χ1v) is 9.24. The van der Waals surface area contributed by atoms with Crippen molar-refractivity contribution >= 4 is 34.9 Å². The number of carbonyl (C=O) groups is 3. The molecule has 1 aliphatic heterocycles. The first kappa shape index (κ1) is 21.4. The number of hydrogen-bond acceptors (Lipinski definition) is 5. The predicted octanol–water partition coefficient (Wildman–Crippen LogP) is 1.48. The van der Waals surface area contributed by atoms with E-state index in [9.17, 15) is 14.4 Å². The van der Waals surface area contributed by atoms with Gasteiger partial charge in [0.25, 0.3) is 5.91 Å². The van der Waals surface area contributed by atoms with Crippen LogP contribution in [0.1, 0.15) is 40.2 Å². The minimum atomic E-state index is -0.857. The van der Waals surface area contributed by atoms with Crippen LogP contribution in [0.15, 0.2) is 23.3 Å². The number of rotatable bonds is 7. The number of nitrogens with two attached hydrogens (primary N) is 1. The largest absolute Gasteiger partial charge is 0.350 e. The van der Waals surface area contributed by atoms with Crippen molar-refractivity contribution in [1.29, 1.82) is 0 Å². The molecule has 0 aliphatic carbocycles. The molecule has 0 fully saturated rings. The molecular weight excluding hydrogens is 360 g/mol. The van der Waals surface area contributed by atoms with Gasteiger partial charge in [-0.2, -0.15) is 5.10 Å². The summed E-state index contributed by atoms with van der Waals surface area (Å²) in [6, 6.07) is 4.98. The van der Waals surface area contributed by atoms with Crippen LogP contribution in [0.4, 0.5) is 16.2 Å². The molecule has 0 unspecified atom stereocenters. The second-order valence-electron chi connectivity index (χ2n) is 7.23. The molecule has 0 spiro atoms. The number of fused-ring (bicyclic) bond motifs is 1. The summed E-state index contributed by atoms with van der Waals surface area (Å²) in [6.45, 7) is 11.0. The molecule has 0 radical (unpaired) electrons. The van der Waals surface area contributed by atoms with Crippen molar-refractivity contribution in [3.63, 3.8) is 0 Å². The molecule has 0 aromatic heterocycles. The third-order valence-corrected chi connectivity index (χ3v) is 4.50. The molecule has 1 aromatic carbocycles. The summed E-state index contributed by atoms with van der Waals surface area (Å²) in [5, 5.41) is 6.57. The summed E-state index contributed by atoms with van der Waals surface area (Å²) >= 11 is 0. The minimum Gasteiger partial charge on any atom is -0.350 e. The maximum atomic E-state index is 13.0. The van der Waals surface area contributed by atoms with Crippen LogP contribution in [0.2, 0.25) is 0 Å². The standard InChI is InChI=1S/C19H28N6O3/c1-11(2)24(12(3)4)8-9-25-16-7-6-14(21-13(5)26)10-15(16)17(18(25)27)22-23-19(20)28/h6-7,10-12H,8-9H2,1-5H3,(H,21,26)(H3,20,23,28)/b22-17+. The molecule has 28 heavy (non-hydrogen) atoms. The van der Waals surface area contributed by atoms with Crippen LogP contribution in [0.3, 0.4) is 0 Å². The molecule has 0 saturated heterocycles. The molecule has 1 aliphatic rings. The van der Waals surface area contributed by atoms with Crippen molar-refractivity contribution in [2.75, 3.05) is 23.3 Å². The zero-order valence-electron chi connectivity index (χ0n) is 16.9. The van der Waals surface area contributed by atoms with Gasteiger partial charge in [0, 0.05) is 43.3 Å². The zero-order valence-corrected chi connectivity index (χ0v) is 16.9. The number of urea groups is 1. The summed E-state index contributed by atoms with van der Waals surface area (Å²) in [7, 11) is 0. The molecule has 4 N–H and O–H groups in total. The van der Waals surface area contributed by atoms with Gasteiger partial charge in [-0.05, 0) is 45.9 Å². The van der Waals surface area contributed by atoms with E-state index in [0.717, 1.165) is 0 Å². The number of anilines is 2. The summed E-state index contributed by atoms with van der Waals surface area (Å²) in [6.07, 6.45) is 0. The lowest BCUT2D eigenvalue weighted by molar-refractivity contribution is -0.114. The van der Waals surface area contributed by atoms with Crippen LogP contribution < -0.4 is 21.4 Å². The fraction of sp³-hybridized carbons (Fsp3) is 0.474. The highest BCUT2D eigenvalue weighted by Gasteiger charge is 2.35. The number of nitrogens with one attached hydrogen (secondary N) is 2. The Kier molecular flexibility index (Phi) is 6.74. The SMILES string of the molecule is CC(=O)Nc1ccc2c(c1)/C(=N\NC(N)=O)C(=O)N2CCN(C(C)C)C(C)C. The van der Waals surface area contributed by atoms with Crippen LogP contribution in [0, 0.1) is 0 Å². The highest BCUT2D eigenvalue weighted by Crippen LogP contribution is 2.31. The van der Waals surface area contributed by atoms with E-state index >= 15 is 0 Å². The van der Waals surface area contributed by atoms with Gasteiger partial charge in [0.05, 0.1) is 5.69 Å². The average molecular weight is 388 g/mol. The first-order valence-electron chi connectivity index (χ1n) is 9.24. The Hall–Kier alpha value is -2.94. The lowest BCUT2D eigenvalue weighted by Gasteiger charge is -2.32. The third kappa shape index (κ3) is 4.86. The van der Waals surface area contributed by atoms with E-state index in [1.165, 1.54) is 6.92 Å². The molecule has 1 aromatic rings. The topological polar surface area (TPSA) is 120 Å². The molecule has 152 valence electrons. The van der Waals surface area contributed by atoms with Crippen LogP contribution in [-0.2, 0) is 9.59 Å². The van der Waals surface area contributed by atoms with Crippen LogP contribution in [-0.4, -0.2) is 53.6 Å². The smallest absolute Gasteiger partial charge is 0.332 e. The zero-order chi connectivity index (χ0) is 21.0. The Morgan fingerprint density at radius 3 is 2.39 bits per heavy atom. The number of primary amides is 1. The number of hydrogen-bond donors (Lipinski definition) is 3. The van der Waals surface area contributed by atoms with Crippen molar-refractivity contribution in [1.82, 2.24) is 10.3 Å². The number of carbonyl (C=O) groups excluding carboxylic acids is 3. The molecule has 4 amide bonds. The van der Waals surface area contributed by atoms with E-state index in [4.69, 9.17) is 5.73 Å². The van der Waals surface area contributed by atoms with Gasteiger partial charge < -0.3 is 16.0 Å². The van der Waals surface area contributed by atoms with Crippen molar-refractivity contribution in [3.05, 3.63) is 23.8 Å². The summed E-state index contributed by atoms with van der Waals surface area (Å²) in [4.78, 5) is 39.3. The van der Waals surface area contributed by atoms with Gasteiger partial charge in [0.1, 0.15) is 0 Å². The van der Waals surface area contributed by atoms with Crippen LogP contribution in [0.25, 0.3) is 0 Å². The van der Waals surface area contributed by atoms with Gasteiger partial charge in [-0.15, -0.1) is 0 Å². The predicted molar refractivity (Wildman–Crippen MR) is 109 cm³/mol. The Labute approximate surface area is 164 Å². The minimum absolute atomic E-state index is 0.0849. The Morgan fingerprint density at radius 1 is 1.21 bits per heavy atom. The van der Waals surface area contributed by atoms with Crippen molar-refractivity contribution in [3.8, 4) is 0 Å². The average Bonchev–Trinajstić information content (AvgIpc) is 2.83. The molecular formula is C19H28N6O3. The first-order chi connectivity index (χ1) is 13.1. The van der Waals surface area contributed by atoms with Crippen molar-refractivity contribution < 1.29 is 14.4 Å². The van der Waals surface area contributed by atoms with E-state index in [-0.39, 0.29) is 17.5 Å². The quantitative estimate of drug-likeness (QED) is 0.613. The molecule has 0 saturated carbocycles. The van der Waals surface area contributed by atoms with Crippen molar-refractivity contribution in [2.24, 2.45) is 10.8 Å². The summed E-state index contributed by atoms with van der Waals surface area (Å²) in [5.74, 6) is -0.546. The Bertz CT molecular complexity index is 795. The monoisotopic (exact) mass is 388 g/mol. The number of hydrazone groups is 1. The molecule has 9 heteroatoms. The van der Waals surface area contributed by atoms with Gasteiger partial charge >= 0.3 is 6.03 Å². The molecule has 2 rings (SSSR count). The normalized spacial score (nSPS) is 14.9. The Morgan fingerprint density at radius 2 is 1.86 bits per heavy atom. The third-order valence-electron chi connectivity index (χ3n) is 4.50. The Balaban J connectivity index is 2.36. The highest BCUT2D eigenvalue weighted by molar-refractivity contribution is 6.54. The van der Waals surface area contributed by atoms with Crippen LogP contribution in [0.5, 0.6) is 0 Å². The maximum absolute atomic E-state index is 13.0. The number of amides is 4. The highest BCUT2D eigenvalue weighted by atomic mass is 16.2. The summed E-state index contributed by atoms with van der Waals surface area (Å²) < 4.78 is 0. The second-order valence-corrected chi connectivity index (χ2v) is 7.23. The number of benzene rings is 1. The molecule has 0 bridgehead atoms. The molecule has 0 atom stereocenters.